The Morgan fingerprint density at radius 2 is 2.77 bits per heavy atom. The first kappa shape index (κ1) is 8.61. The summed E-state index contributed by atoms with van der Waals surface area (Å²) in [5.74, 6) is 0. The Balaban J connectivity index is 2.03. The monoisotopic (exact) mass is 183 g/mol. The molecule has 1 fully saturated rings. The number of aromatic nitrogens is 3. The number of nitrogens with zero attached hydrogens (tertiary/aromatic N) is 3. The summed E-state index contributed by atoms with van der Waals surface area (Å²) in [7, 11) is 1.89. The zero-order chi connectivity index (χ0) is 9.10. The van der Waals surface area contributed by atoms with E-state index in [-0.39, 0.29) is 6.04 Å². The summed E-state index contributed by atoms with van der Waals surface area (Å²) in [6.07, 6.45) is 1.94. The van der Waals surface area contributed by atoms with Gasteiger partial charge in [0, 0.05) is 13.1 Å². The third-order valence-electron chi connectivity index (χ3n) is 1.99. The maximum absolute atomic E-state index is 5.03. The lowest BCUT2D eigenvalue weighted by atomic mass is 10.3. The predicted molar refractivity (Wildman–Crippen MR) is 45.8 cm³/mol. The van der Waals surface area contributed by atoms with Gasteiger partial charge in [0.05, 0.1) is 24.5 Å². The van der Waals surface area contributed by atoms with Crippen LogP contribution in [0.25, 0.3) is 0 Å². The molecule has 72 valence electrons. The lowest BCUT2D eigenvalue weighted by molar-refractivity contribution is 0.0968. The van der Waals surface area contributed by atoms with Crippen LogP contribution in [0.5, 0.6) is 0 Å². The second-order valence-electron chi connectivity index (χ2n) is 3.03. The van der Waals surface area contributed by atoms with Crippen LogP contribution in [0.15, 0.2) is 6.20 Å². The van der Waals surface area contributed by atoms with Crippen LogP contribution in [0.2, 0.25) is 0 Å². The lowest BCUT2D eigenvalue weighted by Crippen LogP contribution is -2.14. The van der Waals surface area contributed by atoms with Crippen molar-refractivity contribution < 1.29 is 4.84 Å². The zero-order valence-corrected chi connectivity index (χ0v) is 7.53. The Morgan fingerprint density at radius 1 is 1.85 bits per heavy atom. The molecule has 1 aliphatic rings. The summed E-state index contributed by atoms with van der Waals surface area (Å²) >= 11 is 0. The molecule has 0 aliphatic carbocycles. The first-order valence-corrected chi connectivity index (χ1v) is 4.30. The van der Waals surface area contributed by atoms with Gasteiger partial charge in [0.25, 0.3) is 0 Å². The van der Waals surface area contributed by atoms with Crippen LogP contribution in [0.1, 0.15) is 11.7 Å². The highest BCUT2D eigenvalue weighted by Gasteiger charge is 2.18. The summed E-state index contributed by atoms with van der Waals surface area (Å²) < 4.78 is 1.84. The van der Waals surface area contributed by atoms with Gasteiger partial charge in [-0.1, -0.05) is 5.21 Å². The van der Waals surface area contributed by atoms with Gasteiger partial charge in [-0.05, 0) is 7.05 Å². The number of nitrogens with one attached hydrogen (secondary N) is 2. The molecule has 1 aromatic heterocycles. The smallest absolute Gasteiger partial charge is 0.0964 e. The largest absolute Gasteiger partial charge is 0.314 e. The highest BCUT2D eigenvalue weighted by atomic mass is 16.7. The molecule has 0 aromatic carbocycles. The molecule has 0 radical (unpaired) electrons. The van der Waals surface area contributed by atoms with Crippen LogP contribution in [0.3, 0.4) is 0 Å². The van der Waals surface area contributed by atoms with Crippen LogP contribution in [-0.2, 0) is 11.4 Å². The molecule has 0 saturated carbocycles. The molecule has 2 N–H and O–H groups in total. The Labute approximate surface area is 76.2 Å². The van der Waals surface area contributed by atoms with E-state index < -0.39 is 0 Å². The van der Waals surface area contributed by atoms with Crippen LogP contribution in [0.4, 0.5) is 0 Å². The van der Waals surface area contributed by atoms with Crippen LogP contribution < -0.4 is 10.8 Å². The lowest BCUT2D eigenvalue weighted by Gasteiger charge is -2.03. The van der Waals surface area contributed by atoms with E-state index in [0.717, 1.165) is 18.8 Å². The fourth-order valence-electron chi connectivity index (χ4n) is 1.29. The van der Waals surface area contributed by atoms with Gasteiger partial charge in [-0.25, -0.2) is 10.2 Å². The second-order valence-corrected chi connectivity index (χ2v) is 3.03. The maximum atomic E-state index is 5.03. The van der Waals surface area contributed by atoms with Gasteiger partial charge in [0.15, 0.2) is 0 Å². The van der Waals surface area contributed by atoms with Crippen LogP contribution >= 0.6 is 0 Å². The van der Waals surface area contributed by atoms with Crippen molar-refractivity contribution in [3.05, 3.63) is 11.9 Å². The molecule has 1 unspecified atom stereocenters. The highest BCUT2D eigenvalue weighted by molar-refractivity contribution is 4.93. The molecular formula is C7H13N5O. The molecule has 0 bridgehead atoms. The van der Waals surface area contributed by atoms with Crippen molar-refractivity contribution in [1.82, 2.24) is 25.8 Å². The van der Waals surface area contributed by atoms with Crippen molar-refractivity contribution >= 4 is 0 Å². The summed E-state index contributed by atoms with van der Waals surface area (Å²) in [6, 6.07) is 0.276. The molecular weight excluding hydrogens is 170 g/mol. The average molecular weight is 183 g/mol. The minimum absolute atomic E-state index is 0.276. The molecule has 1 saturated heterocycles. The maximum Gasteiger partial charge on any atom is 0.0964 e. The van der Waals surface area contributed by atoms with Gasteiger partial charge in [-0.2, -0.15) is 0 Å². The van der Waals surface area contributed by atoms with Crippen molar-refractivity contribution in [2.75, 3.05) is 20.2 Å². The Bertz CT molecular complexity index is 268. The van der Waals surface area contributed by atoms with Gasteiger partial charge >= 0.3 is 0 Å². The van der Waals surface area contributed by atoms with E-state index in [4.69, 9.17) is 4.84 Å². The number of hydroxylamine groups is 1. The Kier molecular flexibility index (Phi) is 2.53. The third kappa shape index (κ3) is 1.85. The highest BCUT2D eigenvalue weighted by Crippen LogP contribution is 2.08. The van der Waals surface area contributed by atoms with E-state index in [1.807, 2.05) is 17.9 Å². The minimum atomic E-state index is 0.276. The van der Waals surface area contributed by atoms with Crippen molar-refractivity contribution in [2.24, 2.45) is 0 Å². The van der Waals surface area contributed by atoms with Crippen molar-refractivity contribution in [3.63, 3.8) is 0 Å². The molecule has 0 spiro atoms. The third-order valence-corrected chi connectivity index (χ3v) is 1.99. The minimum Gasteiger partial charge on any atom is -0.314 e. The van der Waals surface area contributed by atoms with Crippen LogP contribution in [-0.4, -0.2) is 35.2 Å². The van der Waals surface area contributed by atoms with Gasteiger partial charge < -0.3 is 5.32 Å². The van der Waals surface area contributed by atoms with Crippen LogP contribution in [0, 0.1) is 0 Å². The molecule has 2 heterocycles. The van der Waals surface area contributed by atoms with Crippen molar-refractivity contribution in [2.45, 2.75) is 12.6 Å². The number of hydrogen-bond donors (Lipinski definition) is 2. The van der Waals surface area contributed by atoms with Gasteiger partial charge in [0.1, 0.15) is 0 Å². The van der Waals surface area contributed by atoms with E-state index in [9.17, 15) is 0 Å². The summed E-state index contributed by atoms with van der Waals surface area (Å²) in [4.78, 5) is 5.03. The zero-order valence-electron chi connectivity index (χ0n) is 7.53. The molecule has 1 aromatic rings. The summed E-state index contributed by atoms with van der Waals surface area (Å²) in [6.45, 7) is 2.20. The fraction of sp³-hybridized carbons (Fsp3) is 0.714. The average Bonchev–Trinajstić information content (AvgIpc) is 2.70. The Hall–Kier alpha value is -0.980. The molecule has 1 atom stereocenters. The van der Waals surface area contributed by atoms with Gasteiger partial charge in [-0.15, -0.1) is 5.10 Å². The second kappa shape index (κ2) is 3.82. The molecule has 6 heteroatoms. The standard InChI is InChI=1S/C7H13N5O/c1-8-2-6-4-12(11-10-6)7-3-9-13-5-7/h4,7-9H,2-3,5H2,1H3. The number of hydrogen-bond acceptors (Lipinski definition) is 5. The van der Waals surface area contributed by atoms with Gasteiger partial charge in [0.2, 0.25) is 0 Å². The first-order chi connectivity index (χ1) is 6.40. The molecule has 6 nitrogen and oxygen atoms in total. The van der Waals surface area contributed by atoms with E-state index in [0.29, 0.717) is 6.61 Å². The topological polar surface area (TPSA) is 64.0 Å². The van der Waals surface area contributed by atoms with E-state index in [1.54, 1.807) is 0 Å². The Morgan fingerprint density at radius 3 is 3.46 bits per heavy atom. The van der Waals surface area contributed by atoms with E-state index in [2.05, 4.69) is 21.1 Å². The summed E-state index contributed by atoms with van der Waals surface area (Å²) in [5, 5.41) is 11.1. The molecule has 2 rings (SSSR count). The molecule has 13 heavy (non-hydrogen) atoms. The van der Waals surface area contributed by atoms with Crippen molar-refractivity contribution in [1.29, 1.82) is 0 Å². The first-order valence-electron chi connectivity index (χ1n) is 4.30. The van der Waals surface area contributed by atoms with E-state index in [1.165, 1.54) is 0 Å². The summed E-state index contributed by atoms with van der Waals surface area (Å²) in [5.41, 5.74) is 3.76. The van der Waals surface area contributed by atoms with Gasteiger partial charge in [-0.3, -0.25) is 4.84 Å². The predicted octanol–water partition coefficient (Wildman–Crippen LogP) is -0.927. The molecule has 0 amide bonds. The normalized spacial score (nSPS) is 22.4. The SMILES string of the molecule is CNCc1cn(C2CNOC2)nn1. The van der Waals surface area contributed by atoms with Crippen molar-refractivity contribution in [3.8, 4) is 0 Å². The van der Waals surface area contributed by atoms with E-state index >= 15 is 0 Å². The number of rotatable bonds is 3. The molecule has 1 aliphatic heterocycles. The fourth-order valence-corrected chi connectivity index (χ4v) is 1.29. The quantitative estimate of drug-likeness (QED) is 0.634.